The Bertz CT molecular complexity index is 427. The first-order chi connectivity index (χ1) is 9.24. The molecule has 1 heterocycles. The molecule has 0 aromatic heterocycles. The molecule has 1 fully saturated rings. The number of hydrogen-bond acceptors (Lipinski definition) is 3. The zero-order valence-electron chi connectivity index (χ0n) is 11.2. The maximum Gasteiger partial charge on any atom is 0.221 e. The van der Waals surface area contributed by atoms with Crippen LogP contribution in [0.15, 0.2) is 24.3 Å². The minimum atomic E-state index is -0.229. The third-order valence-electron chi connectivity index (χ3n) is 3.06. The van der Waals surface area contributed by atoms with Gasteiger partial charge in [0.15, 0.2) is 0 Å². The standard InChI is InChI=1S/C14H19FN2OS.ClH/c15-12-3-1-2-11(8-12)4-5-17-14(18)9-13-10-19-7-6-16-13;/h1-3,8,13,16H,4-7,9-10H2,(H,17,18);1H. The highest BCUT2D eigenvalue weighted by Crippen LogP contribution is 2.10. The Balaban J connectivity index is 0.00000200. The second kappa shape index (κ2) is 9.21. The summed E-state index contributed by atoms with van der Waals surface area (Å²) in [6.07, 6.45) is 1.19. The quantitative estimate of drug-likeness (QED) is 0.872. The number of nitrogens with one attached hydrogen (secondary N) is 2. The maximum absolute atomic E-state index is 13.0. The summed E-state index contributed by atoms with van der Waals surface area (Å²) in [5, 5.41) is 6.22. The van der Waals surface area contributed by atoms with Gasteiger partial charge in [0.25, 0.3) is 0 Å². The number of amides is 1. The number of hydrogen-bond donors (Lipinski definition) is 2. The van der Waals surface area contributed by atoms with E-state index < -0.39 is 0 Å². The average molecular weight is 319 g/mol. The van der Waals surface area contributed by atoms with Crippen LogP contribution in [-0.4, -0.2) is 36.5 Å². The van der Waals surface area contributed by atoms with Crippen molar-refractivity contribution in [3.05, 3.63) is 35.6 Å². The predicted molar refractivity (Wildman–Crippen MR) is 84.1 cm³/mol. The molecule has 1 aromatic rings. The van der Waals surface area contributed by atoms with Crippen LogP contribution < -0.4 is 10.6 Å². The number of thioether (sulfide) groups is 1. The van der Waals surface area contributed by atoms with E-state index in [1.54, 1.807) is 6.07 Å². The molecule has 0 saturated carbocycles. The summed E-state index contributed by atoms with van der Waals surface area (Å²) in [6.45, 7) is 1.54. The van der Waals surface area contributed by atoms with Crippen LogP contribution in [0.5, 0.6) is 0 Å². The Labute approximate surface area is 129 Å². The number of carbonyl (C=O) groups excluding carboxylic acids is 1. The average Bonchev–Trinajstić information content (AvgIpc) is 2.40. The maximum atomic E-state index is 13.0. The lowest BCUT2D eigenvalue weighted by Gasteiger charge is -2.22. The number of carbonyl (C=O) groups is 1. The molecular formula is C14H20ClFN2OS. The molecule has 112 valence electrons. The summed E-state index contributed by atoms with van der Waals surface area (Å²) in [4.78, 5) is 11.7. The van der Waals surface area contributed by atoms with E-state index in [0.717, 1.165) is 23.6 Å². The van der Waals surface area contributed by atoms with Gasteiger partial charge in [-0.3, -0.25) is 4.79 Å². The summed E-state index contributed by atoms with van der Waals surface area (Å²) in [7, 11) is 0. The SMILES string of the molecule is Cl.O=C(CC1CSCCN1)NCCc1cccc(F)c1. The molecule has 3 nitrogen and oxygen atoms in total. The summed E-state index contributed by atoms with van der Waals surface area (Å²) in [6, 6.07) is 6.78. The summed E-state index contributed by atoms with van der Waals surface area (Å²) >= 11 is 1.88. The van der Waals surface area contributed by atoms with Crippen molar-refractivity contribution in [2.24, 2.45) is 0 Å². The monoisotopic (exact) mass is 318 g/mol. The van der Waals surface area contributed by atoms with Gasteiger partial charge in [-0.1, -0.05) is 12.1 Å². The molecule has 2 N–H and O–H groups in total. The molecule has 0 radical (unpaired) electrons. The lowest BCUT2D eigenvalue weighted by atomic mass is 10.1. The third kappa shape index (κ3) is 6.11. The van der Waals surface area contributed by atoms with Gasteiger partial charge in [-0.2, -0.15) is 11.8 Å². The van der Waals surface area contributed by atoms with Crippen LogP contribution in [0, 0.1) is 5.82 Å². The second-order valence-corrected chi connectivity index (χ2v) is 5.81. The Morgan fingerprint density at radius 3 is 3.05 bits per heavy atom. The van der Waals surface area contributed by atoms with Gasteiger partial charge in [-0.15, -0.1) is 12.4 Å². The molecule has 1 aromatic carbocycles. The molecule has 2 rings (SSSR count). The molecule has 0 spiro atoms. The minimum absolute atomic E-state index is 0. The zero-order chi connectivity index (χ0) is 13.5. The molecule has 1 saturated heterocycles. The van der Waals surface area contributed by atoms with Gasteiger partial charge in [0.1, 0.15) is 5.82 Å². The first kappa shape index (κ1) is 17.3. The van der Waals surface area contributed by atoms with Gasteiger partial charge in [-0.05, 0) is 24.1 Å². The molecule has 20 heavy (non-hydrogen) atoms. The van der Waals surface area contributed by atoms with Gasteiger partial charge >= 0.3 is 0 Å². The summed E-state index contributed by atoms with van der Waals surface area (Å²) in [5.74, 6) is 1.96. The Morgan fingerprint density at radius 1 is 1.50 bits per heavy atom. The van der Waals surface area contributed by atoms with E-state index >= 15 is 0 Å². The van der Waals surface area contributed by atoms with E-state index in [0.29, 0.717) is 19.4 Å². The highest BCUT2D eigenvalue weighted by Gasteiger charge is 2.16. The Morgan fingerprint density at radius 2 is 2.35 bits per heavy atom. The van der Waals surface area contributed by atoms with Gasteiger partial charge in [0.05, 0.1) is 0 Å². The van der Waals surface area contributed by atoms with E-state index in [1.807, 2.05) is 17.8 Å². The van der Waals surface area contributed by atoms with Gasteiger partial charge in [-0.25, -0.2) is 4.39 Å². The van der Waals surface area contributed by atoms with Crippen LogP contribution in [-0.2, 0) is 11.2 Å². The Hall–Kier alpha value is -0.780. The van der Waals surface area contributed by atoms with Gasteiger partial charge < -0.3 is 10.6 Å². The third-order valence-corrected chi connectivity index (χ3v) is 4.19. The fourth-order valence-electron chi connectivity index (χ4n) is 2.09. The molecular weight excluding hydrogens is 299 g/mol. The first-order valence-corrected chi connectivity index (χ1v) is 7.72. The van der Waals surface area contributed by atoms with Crippen LogP contribution in [0.25, 0.3) is 0 Å². The van der Waals surface area contributed by atoms with Crippen LogP contribution in [0.3, 0.4) is 0 Å². The molecule has 1 amide bonds. The van der Waals surface area contributed by atoms with E-state index in [9.17, 15) is 9.18 Å². The molecule has 1 unspecified atom stereocenters. The second-order valence-electron chi connectivity index (χ2n) is 4.66. The van der Waals surface area contributed by atoms with Crippen molar-refractivity contribution in [1.29, 1.82) is 0 Å². The van der Waals surface area contributed by atoms with E-state index in [2.05, 4.69) is 10.6 Å². The fraction of sp³-hybridized carbons (Fsp3) is 0.500. The predicted octanol–water partition coefficient (Wildman–Crippen LogP) is 2.00. The molecule has 1 aliphatic rings. The summed E-state index contributed by atoms with van der Waals surface area (Å²) in [5.41, 5.74) is 0.909. The van der Waals surface area contributed by atoms with Crippen molar-refractivity contribution in [2.45, 2.75) is 18.9 Å². The largest absolute Gasteiger partial charge is 0.356 e. The van der Waals surface area contributed by atoms with Crippen LogP contribution >= 0.6 is 24.2 Å². The molecule has 0 aliphatic carbocycles. The lowest BCUT2D eigenvalue weighted by Crippen LogP contribution is -2.41. The summed E-state index contributed by atoms with van der Waals surface area (Å²) < 4.78 is 13.0. The van der Waals surface area contributed by atoms with Crippen molar-refractivity contribution < 1.29 is 9.18 Å². The molecule has 6 heteroatoms. The van der Waals surface area contributed by atoms with E-state index in [-0.39, 0.29) is 30.2 Å². The van der Waals surface area contributed by atoms with E-state index in [4.69, 9.17) is 0 Å². The van der Waals surface area contributed by atoms with Gasteiger partial charge in [0.2, 0.25) is 5.91 Å². The molecule has 1 atom stereocenters. The van der Waals surface area contributed by atoms with Gasteiger partial charge in [0, 0.05) is 37.1 Å². The van der Waals surface area contributed by atoms with Crippen LogP contribution in [0.4, 0.5) is 4.39 Å². The van der Waals surface area contributed by atoms with Crippen molar-refractivity contribution >= 4 is 30.1 Å². The fourth-order valence-corrected chi connectivity index (χ4v) is 3.03. The molecule has 1 aliphatic heterocycles. The van der Waals surface area contributed by atoms with Crippen molar-refractivity contribution in [1.82, 2.24) is 10.6 Å². The first-order valence-electron chi connectivity index (χ1n) is 6.56. The molecule has 0 bridgehead atoms. The number of rotatable bonds is 5. The van der Waals surface area contributed by atoms with Crippen LogP contribution in [0.1, 0.15) is 12.0 Å². The topological polar surface area (TPSA) is 41.1 Å². The lowest BCUT2D eigenvalue weighted by molar-refractivity contribution is -0.121. The smallest absolute Gasteiger partial charge is 0.221 e. The number of benzene rings is 1. The Kier molecular flexibility index (Phi) is 7.95. The minimum Gasteiger partial charge on any atom is -0.356 e. The van der Waals surface area contributed by atoms with Crippen molar-refractivity contribution in [3.8, 4) is 0 Å². The highest BCUT2D eigenvalue weighted by atomic mass is 35.5. The normalized spacial score (nSPS) is 18.1. The number of halogens is 2. The van der Waals surface area contributed by atoms with Crippen LogP contribution in [0.2, 0.25) is 0 Å². The zero-order valence-corrected chi connectivity index (χ0v) is 12.9. The highest BCUT2D eigenvalue weighted by molar-refractivity contribution is 7.99. The van der Waals surface area contributed by atoms with E-state index in [1.165, 1.54) is 12.1 Å². The van der Waals surface area contributed by atoms with Crippen molar-refractivity contribution in [2.75, 3.05) is 24.6 Å². The van der Waals surface area contributed by atoms with Crippen molar-refractivity contribution in [3.63, 3.8) is 0 Å².